The van der Waals surface area contributed by atoms with E-state index < -0.39 is 11.3 Å². The molecule has 0 aromatic heterocycles. The average molecular weight is 302 g/mol. The summed E-state index contributed by atoms with van der Waals surface area (Å²) < 4.78 is 5.15. The van der Waals surface area contributed by atoms with Gasteiger partial charge in [0.2, 0.25) is 5.91 Å². The van der Waals surface area contributed by atoms with E-state index in [9.17, 15) is 9.59 Å². The molecule has 5 N–H and O–H groups in total. The van der Waals surface area contributed by atoms with Gasteiger partial charge >= 0.3 is 0 Å². The lowest BCUT2D eigenvalue weighted by Gasteiger charge is -2.21. The number of primary amides is 1. The van der Waals surface area contributed by atoms with Crippen molar-refractivity contribution < 1.29 is 14.3 Å². The number of benzene rings is 1. The van der Waals surface area contributed by atoms with Gasteiger partial charge in [-0.25, -0.2) is 0 Å². The molecule has 1 aromatic rings. The molecule has 0 saturated heterocycles. The van der Waals surface area contributed by atoms with Crippen molar-refractivity contribution in [3.8, 4) is 5.75 Å². The molecule has 1 rings (SSSR count). The Labute approximate surface area is 124 Å². The molecule has 0 heterocycles. The molecule has 0 fully saturated rings. The molecule has 0 spiro atoms. The molecule has 2 amide bonds. The molecule has 1 aromatic carbocycles. The van der Waals surface area contributed by atoms with Crippen LogP contribution in [0.25, 0.3) is 0 Å². The van der Waals surface area contributed by atoms with Crippen molar-refractivity contribution in [1.29, 1.82) is 0 Å². The monoisotopic (exact) mass is 301 g/mol. The number of halogens is 1. The Morgan fingerprint density at radius 1 is 1.35 bits per heavy atom. The summed E-state index contributed by atoms with van der Waals surface area (Å²) in [5.74, 6) is -0.275. The van der Waals surface area contributed by atoms with E-state index in [4.69, 9.17) is 16.2 Å². The van der Waals surface area contributed by atoms with E-state index in [0.717, 1.165) is 0 Å². The molecule has 0 aliphatic rings. The summed E-state index contributed by atoms with van der Waals surface area (Å²) in [6.07, 6.45) is 0. The van der Waals surface area contributed by atoms with Gasteiger partial charge in [-0.05, 0) is 26.0 Å². The van der Waals surface area contributed by atoms with Crippen molar-refractivity contribution in [2.24, 2.45) is 16.9 Å². The first kappa shape index (κ1) is 18.2. The van der Waals surface area contributed by atoms with Crippen LogP contribution in [0, 0.1) is 5.41 Å². The van der Waals surface area contributed by atoms with Gasteiger partial charge in [0.25, 0.3) is 5.91 Å². The minimum absolute atomic E-state index is 0. The topological polar surface area (TPSA) is 107 Å². The highest BCUT2D eigenvalue weighted by atomic mass is 35.5. The summed E-state index contributed by atoms with van der Waals surface area (Å²) >= 11 is 0. The Kier molecular flexibility index (Phi) is 7.02. The smallest absolute Gasteiger partial charge is 0.255 e. The van der Waals surface area contributed by atoms with Gasteiger partial charge in [0.1, 0.15) is 5.75 Å². The SMILES string of the molecule is CC(C)(CN)C(=O)Nc1cccc(OCC(N)=O)c1.Cl. The zero-order valence-electron chi connectivity index (χ0n) is 11.5. The number of hydrogen-bond acceptors (Lipinski definition) is 4. The molecule has 0 aliphatic carbocycles. The van der Waals surface area contributed by atoms with Crippen molar-refractivity contribution in [3.63, 3.8) is 0 Å². The van der Waals surface area contributed by atoms with E-state index in [0.29, 0.717) is 11.4 Å². The lowest BCUT2D eigenvalue weighted by molar-refractivity contribution is -0.123. The molecular formula is C13H20ClN3O3. The molecule has 6 nitrogen and oxygen atoms in total. The van der Waals surface area contributed by atoms with Crippen molar-refractivity contribution >= 4 is 29.9 Å². The summed E-state index contributed by atoms with van der Waals surface area (Å²) in [6.45, 7) is 3.56. The van der Waals surface area contributed by atoms with E-state index >= 15 is 0 Å². The second-order valence-electron chi connectivity index (χ2n) is 4.82. The molecule has 0 saturated carbocycles. The van der Waals surface area contributed by atoms with Gasteiger partial charge in [0.05, 0.1) is 5.41 Å². The van der Waals surface area contributed by atoms with Crippen molar-refractivity contribution in [2.75, 3.05) is 18.5 Å². The number of nitrogens with one attached hydrogen (secondary N) is 1. The standard InChI is InChI=1S/C13H19N3O3.ClH/c1-13(2,8-14)12(18)16-9-4-3-5-10(6-9)19-7-11(15)17;/h3-6H,7-8,14H2,1-2H3,(H2,15,17)(H,16,18);1H. The lowest BCUT2D eigenvalue weighted by Crippen LogP contribution is -2.37. The first-order chi connectivity index (χ1) is 8.85. The molecule has 7 heteroatoms. The number of ether oxygens (including phenoxy) is 1. The summed E-state index contributed by atoms with van der Waals surface area (Å²) in [5, 5.41) is 2.75. The Morgan fingerprint density at radius 2 is 2.00 bits per heavy atom. The van der Waals surface area contributed by atoms with Crippen molar-refractivity contribution in [2.45, 2.75) is 13.8 Å². The first-order valence-corrected chi connectivity index (χ1v) is 5.88. The van der Waals surface area contributed by atoms with Crippen molar-refractivity contribution in [3.05, 3.63) is 24.3 Å². The number of rotatable bonds is 6. The van der Waals surface area contributed by atoms with E-state index in [1.54, 1.807) is 38.1 Å². The van der Waals surface area contributed by atoms with Crippen LogP contribution in [0.2, 0.25) is 0 Å². The number of nitrogens with two attached hydrogens (primary N) is 2. The van der Waals surface area contributed by atoms with Crippen LogP contribution in [0.1, 0.15) is 13.8 Å². The summed E-state index contributed by atoms with van der Waals surface area (Å²) in [6, 6.07) is 6.73. The molecule has 0 radical (unpaired) electrons. The van der Waals surface area contributed by atoms with Crippen LogP contribution in [0.4, 0.5) is 5.69 Å². The minimum atomic E-state index is -0.649. The van der Waals surface area contributed by atoms with Crippen LogP contribution in [-0.4, -0.2) is 25.0 Å². The van der Waals surface area contributed by atoms with Crippen LogP contribution in [0.5, 0.6) is 5.75 Å². The van der Waals surface area contributed by atoms with Gasteiger partial charge in [-0.1, -0.05) is 6.07 Å². The fraction of sp³-hybridized carbons (Fsp3) is 0.385. The Bertz CT molecular complexity index is 478. The second kappa shape index (κ2) is 7.72. The van der Waals surface area contributed by atoms with Crippen LogP contribution in [0.3, 0.4) is 0 Å². The zero-order valence-corrected chi connectivity index (χ0v) is 12.3. The lowest BCUT2D eigenvalue weighted by atomic mass is 9.92. The summed E-state index contributed by atoms with van der Waals surface area (Å²) in [7, 11) is 0. The molecule has 0 bridgehead atoms. The van der Waals surface area contributed by atoms with Gasteiger partial charge in [-0.15, -0.1) is 12.4 Å². The van der Waals surface area contributed by atoms with Gasteiger partial charge in [-0.2, -0.15) is 0 Å². The normalized spacial score (nSPS) is 10.3. The Morgan fingerprint density at radius 3 is 2.55 bits per heavy atom. The number of hydrogen-bond donors (Lipinski definition) is 3. The highest BCUT2D eigenvalue weighted by Gasteiger charge is 2.25. The predicted octanol–water partition coefficient (Wildman–Crippen LogP) is 0.896. The maximum absolute atomic E-state index is 11.9. The average Bonchev–Trinajstić information content (AvgIpc) is 2.36. The Balaban J connectivity index is 0.00000361. The van der Waals surface area contributed by atoms with Crippen LogP contribution in [0.15, 0.2) is 24.3 Å². The second-order valence-corrected chi connectivity index (χ2v) is 4.82. The number of carbonyl (C=O) groups excluding carboxylic acids is 2. The highest BCUT2D eigenvalue weighted by Crippen LogP contribution is 2.20. The van der Waals surface area contributed by atoms with E-state index in [1.807, 2.05) is 0 Å². The fourth-order valence-electron chi connectivity index (χ4n) is 1.21. The first-order valence-electron chi connectivity index (χ1n) is 5.88. The van der Waals surface area contributed by atoms with E-state index in [1.165, 1.54) is 0 Å². The zero-order chi connectivity index (χ0) is 14.5. The molecule has 0 atom stereocenters. The number of anilines is 1. The van der Waals surface area contributed by atoms with E-state index in [-0.39, 0.29) is 31.5 Å². The summed E-state index contributed by atoms with van der Waals surface area (Å²) in [5.41, 5.74) is 10.5. The molecular weight excluding hydrogens is 282 g/mol. The van der Waals surface area contributed by atoms with Gasteiger partial charge in [0, 0.05) is 18.3 Å². The quantitative estimate of drug-likeness (QED) is 0.725. The maximum Gasteiger partial charge on any atom is 0.255 e. The predicted molar refractivity (Wildman–Crippen MR) is 79.8 cm³/mol. The largest absolute Gasteiger partial charge is 0.484 e. The minimum Gasteiger partial charge on any atom is -0.484 e. The number of carbonyl (C=O) groups is 2. The van der Waals surface area contributed by atoms with Crippen molar-refractivity contribution in [1.82, 2.24) is 0 Å². The third-order valence-electron chi connectivity index (χ3n) is 2.60. The van der Waals surface area contributed by atoms with Crippen LogP contribution < -0.4 is 21.5 Å². The van der Waals surface area contributed by atoms with Gasteiger partial charge in [0.15, 0.2) is 6.61 Å². The van der Waals surface area contributed by atoms with Crippen LogP contribution >= 0.6 is 12.4 Å². The molecule has 112 valence electrons. The third kappa shape index (κ3) is 5.46. The molecule has 20 heavy (non-hydrogen) atoms. The summed E-state index contributed by atoms with van der Waals surface area (Å²) in [4.78, 5) is 22.6. The third-order valence-corrected chi connectivity index (χ3v) is 2.60. The number of amides is 2. The molecule has 0 aliphatic heterocycles. The Hall–Kier alpha value is -1.79. The van der Waals surface area contributed by atoms with Gasteiger partial charge < -0.3 is 21.5 Å². The van der Waals surface area contributed by atoms with E-state index in [2.05, 4.69) is 5.32 Å². The molecule has 0 unspecified atom stereocenters. The highest BCUT2D eigenvalue weighted by molar-refractivity contribution is 5.95. The fourth-order valence-corrected chi connectivity index (χ4v) is 1.21. The van der Waals surface area contributed by atoms with Crippen LogP contribution in [-0.2, 0) is 9.59 Å². The maximum atomic E-state index is 11.9. The van der Waals surface area contributed by atoms with Gasteiger partial charge in [-0.3, -0.25) is 9.59 Å².